The average molecular weight is 553 g/mol. The highest BCUT2D eigenvalue weighted by molar-refractivity contribution is 7.92. The Hall–Kier alpha value is -4.37. The summed E-state index contributed by atoms with van der Waals surface area (Å²) in [4.78, 5) is 0. The van der Waals surface area contributed by atoms with Crippen LogP contribution in [0.25, 0.3) is 12.2 Å². The van der Waals surface area contributed by atoms with Crippen molar-refractivity contribution < 1.29 is 26.0 Å². The normalized spacial score (nSPS) is 13.6. The largest absolute Gasteiger partial charge is 0.398 e. The maximum absolute atomic E-state index is 14.4. The minimum atomic E-state index is -4.32. The molecule has 0 heterocycles. The molecule has 0 saturated heterocycles. The van der Waals surface area contributed by atoms with Crippen molar-refractivity contribution in [1.29, 1.82) is 0 Å². The smallest absolute Gasteiger partial charge is 0.171 e. The molecule has 2 atom stereocenters. The van der Waals surface area contributed by atoms with E-state index in [4.69, 9.17) is 11.5 Å². The Morgan fingerprint density at radius 2 is 0.974 bits per heavy atom. The number of halogens is 4. The van der Waals surface area contributed by atoms with Crippen molar-refractivity contribution >= 4 is 33.4 Å². The molecule has 4 N–H and O–H groups in total. The van der Waals surface area contributed by atoms with E-state index in [1.807, 2.05) is 0 Å². The van der Waals surface area contributed by atoms with Gasteiger partial charge in [0.25, 0.3) is 0 Å². The minimum absolute atomic E-state index is 0.0363. The van der Waals surface area contributed by atoms with E-state index in [2.05, 4.69) is 0 Å². The number of sulfone groups is 1. The number of nitrogen functional groups attached to an aromatic ring is 2. The molecule has 0 aliphatic carbocycles. The summed E-state index contributed by atoms with van der Waals surface area (Å²) in [6, 6.07) is 18.4. The molecule has 4 rings (SSSR count). The van der Waals surface area contributed by atoms with Crippen LogP contribution in [0, 0.1) is 23.3 Å². The first-order valence-electron chi connectivity index (χ1n) is 11.8. The highest BCUT2D eigenvalue weighted by Crippen LogP contribution is 2.40. The maximum Gasteiger partial charge on any atom is 0.171 e. The van der Waals surface area contributed by atoms with E-state index in [0.29, 0.717) is 12.1 Å². The molecular formula is C30H24F4N2O2S. The van der Waals surface area contributed by atoms with Gasteiger partial charge >= 0.3 is 0 Å². The first-order valence-corrected chi connectivity index (χ1v) is 13.4. The van der Waals surface area contributed by atoms with E-state index in [1.165, 1.54) is 60.7 Å². The Bertz CT molecular complexity index is 1550. The standard InChI is InChI=1S/C30H24F4N2O2S/c31-21-13-9-19(25(33)17-21)11-15-29(23-5-1-3-7-27(23)35)39(37,38)30(24-6-2-4-8-28(24)36)16-12-20-10-14-22(32)18-26(20)34/h1-18,29-30H,35-36H2. The Balaban J connectivity index is 1.89. The van der Waals surface area contributed by atoms with Crippen LogP contribution in [0.4, 0.5) is 28.9 Å². The molecule has 0 spiro atoms. The van der Waals surface area contributed by atoms with Crippen LogP contribution >= 0.6 is 0 Å². The van der Waals surface area contributed by atoms with Gasteiger partial charge in [0.05, 0.1) is 0 Å². The third kappa shape index (κ3) is 6.21. The molecule has 0 amide bonds. The number of benzene rings is 4. The number of nitrogens with two attached hydrogens (primary N) is 2. The van der Waals surface area contributed by atoms with Gasteiger partial charge < -0.3 is 11.5 Å². The van der Waals surface area contributed by atoms with E-state index < -0.39 is 43.6 Å². The minimum Gasteiger partial charge on any atom is -0.398 e. The number of hydrogen-bond acceptors (Lipinski definition) is 4. The van der Waals surface area contributed by atoms with Gasteiger partial charge in [-0.05, 0) is 47.5 Å². The summed E-state index contributed by atoms with van der Waals surface area (Å²) >= 11 is 0. The summed E-state index contributed by atoms with van der Waals surface area (Å²) in [6.45, 7) is 0. The molecule has 0 fully saturated rings. The predicted molar refractivity (Wildman–Crippen MR) is 147 cm³/mol. The van der Waals surface area contributed by atoms with Crippen LogP contribution in [-0.4, -0.2) is 8.42 Å². The van der Waals surface area contributed by atoms with Crippen LogP contribution in [0.3, 0.4) is 0 Å². The molecule has 200 valence electrons. The molecule has 4 nitrogen and oxygen atoms in total. The van der Waals surface area contributed by atoms with Crippen molar-refractivity contribution in [2.24, 2.45) is 0 Å². The van der Waals surface area contributed by atoms with Gasteiger partial charge in [-0.1, -0.05) is 60.7 Å². The van der Waals surface area contributed by atoms with Crippen molar-refractivity contribution in [3.8, 4) is 0 Å². The Morgan fingerprint density at radius 1 is 0.590 bits per heavy atom. The first-order chi connectivity index (χ1) is 18.6. The zero-order chi connectivity index (χ0) is 28.2. The lowest BCUT2D eigenvalue weighted by Crippen LogP contribution is -2.20. The lowest BCUT2D eigenvalue weighted by molar-refractivity contribution is 0.580. The molecular weight excluding hydrogens is 528 g/mol. The van der Waals surface area contributed by atoms with Crippen LogP contribution in [0.1, 0.15) is 32.8 Å². The third-order valence-electron chi connectivity index (χ3n) is 6.14. The summed E-state index contributed by atoms with van der Waals surface area (Å²) in [6.07, 6.45) is 4.99. The van der Waals surface area contributed by atoms with Crippen LogP contribution in [0.2, 0.25) is 0 Å². The van der Waals surface area contributed by atoms with Crippen molar-refractivity contribution in [1.82, 2.24) is 0 Å². The second-order valence-electron chi connectivity index (χ2n) is 8.74. The summed E-state index contributed by atoms with van der Waals surface area (Å²) < 4.78 is 84.3. The van der Waals surface area contributed by atoms with Gasteiger partial charge in [0, 0.05) is 34.6 Å². The molecule has 4 aromatic carbocycles. The fraction of sp³-hybridized carbons (Fsp3) is 0.0667. The van der Waals surface area contributed by atoms with Crippen LogP contribution in [0.15, 0.2) is 97.1 Å². The van der Waals surface area contributed by atoms with Gasteiger partial charge in [-0.15, -0.1) is 0 Å². The number of rotatable bonds is 8. The molecule has 4 aromatic rings. The SMILES string of the molecule is Nc1ccccc1C(C=Cc1ccc(F)cc1F)S(=O)(=O)C(C=Cc1ccc(F)cc1F)c1ccccc1N. The maximum atomic E-state index is 14.4. The number of anilines is 2. The van der Waals surface area contributed by atoms with Gasteiger partial charge in [0.1, 0.15) is 33.8 Å². The first kappa shape index (κ1) is 27.7. The molecule has 0 aliphatic heterocycles. The van der Waals surface area contributed by atoms with Crippen LogP contribution in [0.5, 0.6) is 0 Å². The molecule has 0 bridgehead atoms. The average Bonchev–Trinajstić information content (AvgIpc) is 2.88. The third-order valence-corrected chi connectivity index (χ3v) is 8.38. The highest BCUT2D eigenvalue weighted by Gasteiger charge is 2.35. The zero-order valence-electron chi connectivity index (χ0n) is 20.4. The highest BCUT2D eigenvalue weighted by atomic mass is 32.2. The number of hydrogen-bond donors (Lipinski definition) is 2. The quantitative estimate of drug-likeness (QED) is 0.182. The summed E-state index contributed by atoms with van der Waals surface area (Å²) in [5, 5.41) is -2.81. The van der Waals surface area contributed by atoms with Gasteiger partial charge in [-0.2, -0.15) is 0 Å². The van der Waals surface area contributed by atoms with Crippen LogP contribution in [-0.2, 0) is 9.84 Å². The fourth-order valence-electron chi connectivity index (χ4n) is 4.13. The Labute approximate surface area is 223 Å². The van der Waals surface area contributed by atoms with Crippen LogP contribution < -0.4 is 11.5 Å². The lowest BCUT2D eigenvalue weighted by Gasteiger charge is -2.23. The monoisotopic (exact) mass is 552 g/mol. The summed E-state index contributed by atoms with van der Waals surface area (Å²) in [5.41, 5.74) is 13.0. The summed E-state index contributed by atoms with van der Waals surface area (Å²) in [7, 11) is -4.32. The molecule has 0 aromatic heterocycles. The van der Waals surface area contributed by atoms with E-state index in [0.717, 1.165) is 12.1 Å². The molecule has 2 unspecified atom stereocenters. The second-order valence-corrected chi connectivity index (χ2v) is 10.9. The fourth-order valence-corrected chi connectivity index (χ4v) is 6.18. The van der Waals surface area contributed by atoms with Gasteiger partial charge in [-0.25, -0.2) is 26.0 Å². The van der Waals surface area contributed by atoms with Gasteiger partial charge in [-0.3, -0.25) is 0 Å². The van der Waals surface area contributed by atoms with Crippen molar-refractivity contribution in [3.05, 3.63) is 143 Å². The zero-order valence-corrected chi connectivity index (χ0v) is 21.3. The number of para-hydroxylation sites is 2. The molecule has 0 saturated carbocycles. The molecule has 9 heteroatoms. The van der Waals surface area contributed by atoms with Crippen molar-refractivity contribution in [2.45, 2.75) is 10.5 Å². The van der Waals surface area contributed by atoms with Crippen molar-refractivity contribution in [2.75, 3.05) is 11.5 Å². The Morgan fingerprint density at radius 3 is 1.33 bits per heavy atom. The lowest BCUT2D eigenvalue weighted by atomic mass is 10.1. The van der Waals surface area contributed by atoms with E-state index in [9.17, 15) is 26.0 Å². The summed E-state index contributed by atoms with van der Waals surface area (Å²) in [5.74, 6) is -3.31. The molecule has 0 radical (unpaired) electrons. The topological polar surface area (TPSA) is 86.2 Å². The van der Waals surface area contributed by atoms with Gasteiger partial charge in [0.15, 0.2) is 9.84 Å². The van der Waals surface area contributed by atoms with E-state index in [1.54, 1.807) is 24.3 Å². The van der Waals surface area contributed by atoms with E-state index in [-0.39, 0.29) is 33.6 Å². The predicted octanol–water partition coefficient (Wildman–Crippen LogP) is 7.03. The molecule has 39 heavy (non-hydrogen) atoms. The second kappa shape index (κ2) is 11.6. The van der Waals surface area contributed by atoms with E-state index >= 15 is 0 Å². The molecule has 0 aliphatic rings. The Kier molecular flexibility index (Phi) is 8.21. The van der Waals surface area contributed by atoms with Gasteiger partial charge in [0.2, 0.25) is 0 Å². The van der Waals surface area contributed by atoms with Crippen molar-refractivity contribution in [3.63, 3.8) is 0 Å².